The Labute approximate surface area is 196 Å². The van der Waals surface area contributed by atoms with E-state index in [-0.39, 0.29) is 17.6 Å². The summed E-state index contributed by atoms with van der Waals surface area (Å²) in [4.78, 5) is 12.6. The van der Waals surface area contributed by atoms with Crippen molar-refractivity contribution in [2.75, 3.05) is 0 Å². The van der Waals surface area contributed by atoms with E-state index in [1.807, 2.05) is 53.4 Å². The summed E-state index contributed by atoms with van der Waals surface area (Å²) in [7, 11) is 0. The normalized spacial score (nSPS) is 12.5. The average molecular weight is 495 g/mol. The number of aromatic nitrogens is 3. The van der Waals surface area contributed by atoms with Crippen LogP contribution in [0.25, 0.3) is 5.69 Å². The monoisotopic (exact) mass is 494 g/mol. The van der Waals surface area contributed by atoms with Crippen LogP contribution in [-0.4, -0.2) is 20.3 Å². The molecule has 0 saturated heterocycles. The Kier molecular flexibility index (Phi) is 6.78. The van der Waals surface area contributed by atoms with Gasteiger partial charge in [0.15, 0.2) is 5.76 Å². The molecule has 0 aliphatic rings. The molecule has 0 aliphatic carbocycles. The van der Waals surface area contributed by atoms with E-state index in [4.69, 9.17) is 16.0 Å². The van der Waals surface area contributed by atoms with Crippen LogP contribution in [0.1, 0.15) is 59.1 Å². The molecule has 1 unspecified atom stereocenters. The Balaban J connectivity index is 1.44. The Morgan fingerprint density at radius 3 is 2.35 bits per heavy atom. The number of alkyl halides is 4. The molecule has 0 bridgehead atoms. The van der Waals surface area contributed by atoms with Gasteiger partial charge < -0.3 is 14.3 Å². The van der Waals surface area contributed by atoms with Crippen molar-refractivity contribution < 1.29 is 26.8 Å². The molecule has 1 aromatic carbocycles. The topological polar surface area (TPSA) is 65.0 Å². The first kappa shape index (κ1) is 23.6. The van der Waals surface area contributed by atoms with Crippen LogP contribution in [-0.2, 0) is 6.54 Å². The first-order valence-corrected chi connectivity index (χ1v) is 10.6. The maximum atomic E-state index is 13.3. The number of furan rings is 1. The summed E-state index contributed by atoms with van der Waals surface area (Å²) >= 11 is 5.66. The Bertz CT molecular complexity index is 1270. The van der Waals surface area contributed by atoms with E-state index in [0.29, 0.717) is 4.68 Å². The molecule has 4 rings (SSSR count). The Morgan fingerprint density at radius 1 is 1.06 bits per heavy atom. The molecule has 0 radical (unpaired) electrons. The summed E-state index contributed by atoms with van der Waals surface area (Å²) in [5, 5.41) is 5.50. The highest BCUT2D eigenvalue weighted by molar-refractivity contribution is 6.32. The van der Waals surface area contributed by atoms with Gasteiger partial charge in [-0.15, -0.1) is 0 Å². The number of hydrogen-bond donors (Lipinski definition) is 1. The zero-order valence-corrected chi connectivity index (χ0v) is 18.5. The molecule has 1 atom stereocenters. The number of carbonyl (C=O) groups excluding carboxylic acids is 1. The largest absolute Gasteiger partial charge is 0.454 e. The summed E-state index contributed by atoms with van der Waals surface area (Å²) in [6.45, 7) is 1.41. The molecule has 178 valence electrons. The van der Waals surface area contributed by atoms with Gasteiger partial charge in [0.2, 0.25) is 0 Å². The number of carbonyl (C=O) groups is 1. The van der Waals surface area contributed by atoms with Crippen molar-refractivity contribution >= 4 is 17.5 Å². The fourth-order valence-electron chi connectivity index (χ4n) is 3.47. The Morgan fingerprint density at radius 2 is 1.74 bits per heavy atom. The standard InChI is InChI=1S/C23H19ClF4N4O2/c1-13(14-4-6-15(7-5-14)31-10-2-3-11-31)29-23(33)17-9-8-16(34-17)12-32-20(22(27)28)18(24)19(30-32)21(25)26/h2-11,13,21-22H,12H2,1H3,(H,29,33). The number of halogens is 5. The van der Waals surface area contributed by atoms with E-state index in [1.54, 1.807) is 6.92 Å². The second-order valence-electron chi connectivity index (χ2n) is 7.49. The number of rotatable bonds is 8. The fourth-order valence-corrected chi connectivity index (χ4v) is 3.77. The third kappa shape index (κ3) is 4.86. The number of nitrogens with zero attached hydrogens (tertiary/aromatic N) is 3. The van der Waals surface area contributed by atoms with Gasteiger partial charge in [-0.25, -0.2) is 17.6 Å². The van der Waals surface area contributed by atoms with Crippen molar-refractivity contribution in [2.24, 2.45) is 0 Å². The number of benzene rings is 1. The first-order valence-electron chi connectivity index (χ1n) is 10.2. The second kappa shape index (κ2) is 9.76. The van der Waals surface area contributed by atoms with E-state index >= 15 is 0 Å². The van der Waals surface area contributed by atoms with Gasteiger partial charge in [-0.05, 0) is 48.9 Å². The molecule has 11 heteroatoms. The average Bonchev–Trinajstić information content (AvgIpc) is 3.54. The lowest BCUT2D eigenvalue weighted by atomic mass is 10.1. The number of amides is 1. The lowest BCUT2D eigenvalue weighted by Gasteiger charge is -2.14. The third-order valence-corrected chi connectivity index (χ3v) is 5.59. The van der Waals surface area contributed by atoms with Crippen LogP contribution in [0.15, 0.2) is 65.3 Å². The summed E-state index contributed by atoms with van der Waals surface area (Å²) < 4.78 is 60.7. The van der Waals surface area contributed by atoms with Gasteiger partial charge in [0, 0.05) is 18.1 Å². The molecule has 3 aromatic heterocycles. The predicted octanol–water partition coefficient (Wildman–Crippen LogP) is 6.33. The molecule has 0 spiro atoms. The SMILES string of the molecule is CC(NC(=O)c1ccc(Cn2nc(C(F)F)c(Cl)c2C(F)F)o1)c1ccc(-n2cccc2)cc1. The summed E-state index contributed by atoms with van der Waals surface area (Å²) in [5.41, 5.74) is 0.0672. The summed E-state index contributed by atoms with van der Waals surface area (Å²) in [5.74, 6) is -0.499. The predicted molar refractivity (Wildman–Crippen MR) is 117 cm³/mol. The molecule has 0 saturated carbocycles. The highest BCUT2D eigenvalue weighted by Crippen LogP contribution is 2.35. The van der Waals surface area contributed by atoms with Gasteiger partial charge in [0.25, 0.3) is 18.8 Å². The van der Waals surface area contributed by atoms with Crippen LogP contribution < -0.4 is 5.32 Å². The van der Waals surface area contributed by atoms with Crippen molar-refractivity contribution in [3.63, 3.8) is 0 Å². The van der Waals surface area contributed by atoms with Crippen LogP contribution in [0, 0.1) is 0 Å². The van der Waals surface area contributed by atoms with E-state index in [0.717, 1.165) is 11.3 Å². The van der Waals surface area contributed by atoms with Gasteiger partial charge in [-0.2, -0.15) is 5.10 Å². The van der Waals surface area contributed by atoms with Crippen LogP contribution >= 0.6 is 11.6 Å². The molecule has 1 amide bonds. The van der Waals surface area contributed by atoms with E-state index < -0.39 is 41.7 Å². The molecule has 34 heavy (non-hydrogen) atoms. The minimum atomic E-state index is -3.12. The van der Waals surface area contributed by atoms with Gasteiger partial charge in [0.05, 0.1) is 17.6 Å². The maximum absolute atomic E-state index is 13.3. The summed E-state index contributed by atoms with van der Waals surface area (Å²) in [6.07, 6.45) is -2.38. The van der Waals surface area contributed by atoms with Crippen molar-refractivity contribution in [2.45, 2.75) is 32.4 Å². The summed E-state index contributed by atoms with van der Waals surface area (Å²) in [6, 6.07) is 13.9. The quantitative estimate of drug-likeness (QED) is 0.291. The lowest BCUT2D eigenvalue weighted by Crippen LogP contribution is -2.26. The van der Waals surface area contributed by atoms with Crippen molar-refractivity contribution in [1.82, 2.24) is 19.7 Å². The molecule has 1 N–H and O–H groups in total. The minimum Gasteiger partial charge on any atom is -0.454 e. The first-order chi connectivity index (χ1) is 16.2. The molecular formula is C23H19ClF4N4O2. The van der Waals surface area contributed by atoms with Gasteiger partial charge >= 0.3 is 0 Å². The zero-order chi connectivity index (χ0) is 24.4. The lowest BCUT2D eigenvalue weighted by molar-refractivity contribution is 0.0909. The molecule has 0 aliphatic heterocycles. The van der Waals surface area contributed by atoms with Gasteiger partial charge in [-0.1, -0.05) is 23.7 Å². The second-order valence-corrected chi connectivity index (χ2v) is 7.86. The minimum absolute atomic E-state index is 0.0586. The fraction of sp³-hybridized carbons (Fsp3) is 0.217. The maximum Gasteiger partial charge on any atom is 0.287 e. The van der Waals surface area contributed by atoms with Gasteiger partial charge in [-0.3, -0.25) is 9.48 Å². The third-order valence-electron chi connectivity index (χ3n) is 5.20. The Hall–Kier alpha value is -3.53. The van der Waals surface area contributed by atoms with Crippen molar-refractivity contribution in [1.29, 1.82) is 0 Å². The van der Waals surface area contributed by atoms with Crippen molar-refractivity contribution in [3.8, 4) is 5.69 Å². The number of hydrogen-bond acceptors (Lipinski definition) is 3. The van der Waals surface area contributed by atoms with Crippen LogP contribution in [0.2, 0.25) is 5.02 Å². The van der Waals surface area contributed by atoms with Crippen LogP contribution in [0.4, 0.5) is 17.6 Å². The number of nitrogens with one attached hydrogen (secondary N) is 1. The van der Waals surface area contributed by atoms with Crippen LogP contribution in [0.3, 0.4) is 0 Å². The molecular weight excluding hydrogens is 476 g/mol. The molecule has 3 heterocycles. The molecule has 4 aromatic rings. The van der Waals surface area contributed by atoms with E-state index in [1.165, 1.54) is 12.1 Å². The highest BCUT2D eigenvalue weighted by atomic mass is 35.5. The van der Waals surface area contributed by atoms with E-state index in [9.17, 15) is 22.4 Å². The van der Waals surface area contributed by atoms with Gasteiger partial charge in [0.1, 0.15) is 17.1 Å². The van der Waals surface area contributed by atoms with Crippen molar-refractivity contribution in [3.05, 3.63) is 94.4 Å². The smallest absolute Gasteiger partial charge is 0.287 e. The van der Waals surface area contributed by atoms with Crippen LogP contribution in [0.5, 0.6) is 0 Å². The molecule has 0 fully saturated rings. The van der Waals surface area contributed by atoms with E-state index in [2.05, 4.69) is 10.4 Å². The highest BCUT2D eigenvalue weighted by Gasteiger charge is 2.28. The molecule has 6 nitrogen and oxygen atoms in total. The zero-order valence-electron chi connectivity index (χ0n) is 17.8.